The maximum atomic E-state index is 12.4. The number of carbonyl (C=O) groups excluding carboxylic acids is 1. The van der Waals surface area contributed by atoms with Crippen LogP contribution in [0.1, 0.15) is 21.3 Å². The van der Waals surface area contributed by atoms with Gasteiger partial charge in [0, 0.05) is 6.54 Å². The molecule has 1 aliphatic heterocycles. The number of esters is 1. The van der Waals surface area contributed by atoms with Gasteiger partial charge in [0.15, 0.2) is 11.5 Å². The lowest BCUT2D eigenvalue weighted by Gasteiger charge is -2.20. The van der Waals surface area contributed by atoms with E-state index in [0.29, 0.717) is 30.3 Å². The fourth-order valence-corrected chi connectivity index (χ4v) is 4.77. The predicted octanol–water partition coefficient (Wildman–Crippen LogP) is 1.32. The Morgan fingerprint density at radius 3 is 2.77 bits per heavy atom. The molecule has 2 N–H and O–H groups in total. The fraction of sp³-hybridized carbons (Fsp3) is 0.312. The second kappa shape index (κ2) is 7.62. The lowest BCUT2D eigenvalue weighted by molar-refractivity contribution is 0.0602. The van der Waals surface area contributed by atoms with Crippen LogP contribution >= 0.6 is 11.3 Å². The number of hydrogen-bond donors (Lipinski definition) is 2. The van der Waals surface area contributed by atoms with E-state index in [1.165, 1.54) is 18.6 Å². The molecule has 0 bridgehead atoms. The van der Waals surface area contributed by atoms with Gasteiger partial charge in [-0.05, 0) is 29.1 Å². The number of aliphatic hydroxyl groups excluding tert-OH is 1. The molecule has 1 atom stereocenters. The first-order valence-electron chi connectivity index (χ1n) is 7.65. The third kappa shape index (κ3) is 3.83. The number of nitrogens with one attached hydrogen (secondary N) is 1. The molecule has 0 saturated carbocycles. The number of aliphatic hydroxyl groups is 1. The highest BCUT2D eigenvalue weighted by atomic mass is 32.2. The van der Waals surface area contributed by atoms with E-state index in [0.717, 1.165) is 11.3 Å². The first kappa shape index (κ1) is 18.6. The quantitative estimate of drug-likeness (QED) is 0.705. The molecule has 8 nitrogen and oxygen atoms in total. The largest absolute Gasteiger partial charge is 0.486 e. The van der Waals surface area contributed by atoms with E-state index in [2.05, 4.69) is 9.46 Å². The number of thiophene rings is 1. The van der Waals surface area contributed by atoms with Gasteiger partial charge >= 0.3 is 5.97 Å². The number of hydrogen-bond acceptors (Lipinski definition) is 8. The van der Waals surface area contributed by atoms with E-state index in [9.17, 15) is 18.3 Å². The van der Waals surface area contributed by atoms with E-state index in [1.807, 2.05) is 0 Å². The van der Waals surface area contributed by atoms with Crippen LogP contribution in [0.4, 0.5) is 0 Å². The zero-order valence-corrected chi connectivity index (χ0v) is 15.4. The van der Waals surface area contributed by atoms with Gasteiger partial charge in [0.05, 0.1) is 13.2 Å². The minimum Gasteiger partial charge on any atom is -0.486 e. The maximum absolute atomic E-state index is 12.4. The van der Waals surface area contributed by atoms with Crippen LogP contribution in [0.2, 0.25) is 0 Å². The number of methoxy groups -OCH3 is 1. The lowest BCUT2D eigenvalue weighted by Crippen LogP contribution is -2.29. The monoisotopic (exact) mass is 399 g/mol. The van der Waals surface area contributed by atoms with Gasteiger partial charge in [-0.3, -0.25) is 0 Å². The van der Waals surface area contributed by atoms with Crippen LogP contribution in [0.25, 0.3) is 0 Å². The number of rotatable bonds is 6. The van der Waals surface area contributed by atoms with Crippen molar-refractivity contribution in [2.24, 2.45) is 0 Å². The minimum atomic E-state index is -3.98. The molecule has 140 valence electrons. The number of ether oxygens (including phenoxy) is 3. The topological polar surface area (TPSA) is 111 Å². The second-order valence-electron chi connectivity index (χ2n) is 5.38. The third-order valence-corrected chi connectivity index (χ3v) is 6.20. The summed E-state index contributed by atoms with van der Waals surface area (Å²) in [5.41, 5.74) is 0.482. The zero-order chi connectivity index (χ0) is 18.7. The Morgan fingerprint density at radius 2 is 2.04 bits per heavy atom. The van der Waals surface area contributed by atoms with Crippen molar-refractivity contribution in [2.45, 2.75) is 11.0 Å². The molecular weight excluding hydrogens is 382 g/mol. The highest BCUT2D eigenvalue weighted by molar-refractivity contribution is 7.89. The van der Waals surface area contributed by atoms with Crippen molar-refractivity contribution >= 4 is 27.3 Å². The molecule has 2 aromatic rings. The summed E-state index contributed by atoms with van der Waals surface area (Å²) in [5.74, 6) is 0.350. The number of sulfonamides is 1. The summed E-state index contributed by atoms with van der Waals surface area (Å²) < 4.78 is 42.6. The summed E-state index contributed by atoms with van der Waals surface area (Å²) >= 11 is 0.969. The van der Waals surface area contributed by atoms with Crippen molar-refractivity contribution in [1.29, 1.82) is 0 Å². The zero-order valence-electron chi connectivity index (χ0n) is 13.8. The number of fused-ring (bicyclic) bond motifs is 1. The molecule has 3 rings (SSSR count). The SMILES string of the molecule is COC(=O)c1sccc1S(=O)(=O)NC[C@@H](O)c1ccc2c(c1)OCCO2. The molecule has 2 heterocycles. The standard InChI is InChI=1S/C16H17NO7S2/c1-22-16(19)15-14(4-7-25-15)26(20,21)17-9-11(18)10-2-3-12-13(8-10)24-6-5-23-12/h2-4,7-8,11,17-18H,5-6,9H2,1H3/t11-/m1/s1. The van der Waals surface area contributed by atoms with Crippen LogP contribution in [0.5, 0.6) is 11.5 Å². The number of benzene rings is 1. The molecule has 0 unspecified atom stereocenters. The summed E-state index contributed by atoms with van der Waals surface area (Å²) in [6, 6.07) is 6.22. The van der Waals surface area contributed by atoms with Crippen molar-refractivity contribution in [3.05, 3.63) is 40.1 Å². The van der Waals surface area contributed by atoms with Crippen molar-refractivity contribution in [3.63, 3.8) is 0 Å². The van der Waals surface area contributed by atoms with Gasteiger partial charge in [0.2, 0.25) is 10.0 Å². The number of carbonyl (C=O) groups is 1. The van der Waals surface area contributed by atoms with Crippen LogP contribution in [-0.4, -0.2) is 46.4 Å². The minimum absolute atomic E-state index is 0.0196. The Kier molecular flexibility index (Phi) is 5.47. The van der Waals surface area contributed by atoms with Gasteiger partial charge < -0.3 is 19.3 Å². The molecule has 26 heavy (non-hydrogen) atoms. The molecule has 0 radical (unpaired) electrons. The van der Waals surface area contributed by atoms with Crippen molar-refractivity contribution in [2.75, 3.05) is 26.9 Å². The van der Waals surface area contributed by atoms with Gasteiger partial charge in [-0.25, -0.2) is 17.9 Å². The summed E-state index contributed by atoms with van der Waals surface area (Å²) in [5, 5.41) is 11.8. The Labute approximate surface area is 154 Å². The summed E-state index contributed by atoms with van der Waals surface area (Å²) in [6.45, 7) is 0.601. The van der Waals surface area contributed by atoms with Gasteiger partial charge in [0.1, 0.15) is 23.0 Å². The van der Waals surface area contributed by atoms with E-state index >= 15 is 0 Å². The van der Waals surface area contributed by atoms with Gasteiger partial charge in [-0.15, -0.1) is 11.3 Å². The molecular formula is C16H17NO7S2. The molecule has 1 aliphatic rings. The van der Waals surface area contributed by atoms with Crippen LogP contribution in [0, 0.1) is 0 Å². The molecule has 0 fully saturated rings. The molecule has 1 aromatic heterocycles. The maximum Gasteiger partial charge on any atom is 0.349 e. The third-order valence-electron chi connectivity index (χ3n) is 3.71. The van der Waals surface area contributed by atoms with Gasteiger partial charge in [-0.1, -0.05) is 6.07 Å². The highest BCUT2D eigenvalue weighted by Crippen LogP contribution is 2.32. The van der Waals surface area contributed by atoms with Gasteiger partial charge in [-0.2, -0.15) is 0 Å². The van der Waals surface area contributed by atoms with Gasteiger partial charge in [0.25, 0.3) is 0 Å². The highest BCUT2D eigenvalue weighted by Gasteiger charge is 2.25. The van der Waals surface area contributed by atoms with Crippen molar-refractivity contribution in [1.82, 2.24) is 4.72 Å². The van der Waals surface area contributed by atoms with Crippen LogP contribution in [-0.2, 0) is 14.8 Å². The normalized spacial score (nSPS) is 14.7. The molecule has 1 aromatic carbocycles. The van der Waals surface area contributed by atoms with E-state index in [4.69, 9.17) is 9.47 Å². The first-order chi connectivity index (χ1) is 12.4. The second-order valence-corrected chi connectivity index (χ2v) is 8.03. The molecule has 0 amide bonds. The smallest absolute Gasteiger partial charge is 0.349 e. The molecule has 10 heteroatoms. The molecule has 0 saturated heterocycles. The average molecular weight is 399 g/mol. The van der Waals surface area contributed by atoms with Crippen LogP contribution in [0.3, 0.4) is 0 Å². The van der Waals surface area contributed by atoms with E-state index < -0.39 is 22.1 Å². The van der Waals surface area contributed by atoms with E-state index in [-0.39, 0.29) is 16.3 Å². The molecule has 0 aliphatic carbocycles. The Balaban J connectivity index is 1.72. The van der Waals surface area contributed by atoms with E-state index in [1.54, 1.807) is 18.2 Å². The van der Waals surface area contributed by atoms with Crippen molar-refractivity contribution in [3.8, 4) is 11.5 Å². The Bertz CT molecular complexity index is 907. The Morgan fingerprint density at radius 1 is 1.31 bits per heavy atom. The fourth-order valence-electron chi connectivity index (χ4n) is 2.40. The summed E-state index contributed by atoms with van der Waals surface area (Å²) in [6.07, 6.45) is -1.10. The van der Waals surface area contributed by atoms with Crippen LogP contribution in [0.15, 0.2) is 34.5 Å². The summed E-state index contributed by atoms with van der Waals surface area (Å²) in [7, 11) is -2.80. The van der Waals surface area contributed by atoms with Crippen molar-refractivity contribution < 1.29 is 32.5 Å². The Hall–Kier alpha value is -2.14. The van der Waals surface area contributed by atoms with Crippen LogP contribution < -0.4 is 14.2 Å². The average Bonchev–Trinajstić information content (AvgIpc) is 3.16. The molecule has 0 spiro atoms. The lowest BCUT2D eigenvalue weighted by atomic mass is 10.1. The first-order valence-corrected chi connectivity index (χ1v) is 10.0. The summed E-state index contributed by atoms with van der Waals surface area (Å²) in [4.78, 5) is 11.5. The predicted molar refractivity (Wildman–Crippen MR) is 93.2 cm³/mol.